The Morgan fingerprint density at radius 1 is 1.03 bits per heavy atom. The SMILES string of the molecule is CC(C)(C)OC(=O)NC(C(=O)OCC1c2ccccc2-c2ccccc21)C(N)C(=O)O. The second-order valence-electron chi connectivity index (χ2n) is 8.35. The normalized spacial score (nSPS) is 14.7. The van der Waals surface area contributed by atoms with Crippen LogP contribution in [0.25, 0.3) is 11.1 Å². The molecule has 2 unspecified atom stereocenters. The summed E-state index contributed by atoms with van der Waals surface area (Å²) < 4.78 is 10.6. The van der Waals surface area contributed by atoms with E-state index in [9.17, 15) is 19.5 Å². The molecule has 3 rings (SSSR count). The number of fused-ring (bicyclic) bond motifs is 3. The number of hydrogen-bond donors (Lipinski definition) is 3. The lowest BCUT2D eigenvalue weighted by atomic mass is 9.98. The van der Waals surface area contributed by atoms with Gasteiger partial charge < -0.3 is 25.6 Å². The van der Waals surface area contributed by atoms with E-state index in [1.807, 2.05) is 48.5 Å². The smallest absolute Gasteiger partial charge is 0.408 e. The minimum Gasteiger partial charge on any atom is -0.480 e. The van der Waals surface area contributed by atoms with E-state index in [1.54, 1.807) is 20.8 Å². The second-order valence-corrected chi connectivity index (χ2v) is 8.35. The quantitative estimate of drug-likeness (QED) is 0.606. The molecule has 0 bridgehead atoms. The molecule has 0 heterocycles. The summed E-state index contributed by atoms with van der Waals surface area (Å²) in [7, 11) is 0. The number of ether oxygens (including phenoxy) is 2. The summed E-state index contributed by atoms with van der Waals surface area (Å²) in [6, 6.07) is 12.3. The average molecular weight is 426 g/mol. The molecule has 0 aliphatic heterocycles. The van der Waals surface area contributed by atoms with E-state index in [0.29, 0.717) is 0 Å². The average Bonchev–Trinajstić information content (AvgIpc) is 3.02. The van der Waals surface area contributed by atoms with Gasteiger partial charge in [0.25, 0.3) is 0 Å². The van der Waals surface area contributed by atoms with E-state index in [-0.39, 0.29) is 12.5 Å². The maximum absolute atomic E-state index is 12.7. The number of amides is 1. The van der Waals surface area contributed by atoms with Crippen LogP contribution in [0.3, 0.4) is 0 Å². The van der Waals surface area contributed by atoms with Gasteiger partial charge >= 0.3 is 18.0 Å². The fourth-order valence-corrected chi connectivity index (χ4v) is 3.57. The Hall–Kier alpha value is -3.39. The van der Waals surface area contributed by atoms with E-state index in [0.717, 1.165) is 22.3 Å². The molecular formula is C23H26N2O6. The second kappa shape index (κ2) is 8.77. The molecule has 0 saturated heterocycles. The fraction of sp³-hybridized carbons (Fsp3) is 0.348. The summed E-state index contributed by atoms with van der Waals surface area (Å²) in [6.07, 6.45) is -0.956. The molecule has 0 aromatic heterocycles. The van der Waals surface area contributed by atoms with Crippen LogP contribution in [0.2, 0.25) is 0 Å². The van der Waals surface area contributed by atoms with Crippen molar-refractivity contribution in [2.24, 2.45) is 5.73 Å². The van der Waals surface area contributed by atoms with Crippen molar-refractivity contribution in [2.75, 3.05) is 6.61 Å². The third-order valence-corrected chi connectivity index (χ3v) is 4.93. The summed E-state index contributed by atoms with van der Waals surface area (Å²) in [5, 5.41) is 11.5. The summed E-state index contributed by atoms with van der Waals surface area (Å²) in [6.45, 7) is 4.91. The summed E-state index contributed by atoms with van der Waals surface area (Å²) >= 11 is 0. The highest BCUT2D eigenvalue weighted by molar-refractivity contribution is 5.89. The van der Waals surface area contributed by atoms with E-state index in [2.05, 4.69) is 5.32 Å². The Balaban J connectivity index is 1.76. The fourth-order valence-electron chi connectivity index (χ4n) is 3.57. The van der Waals surface area contributed by atoms with Crippen molar-refractivity contribution < 1.29 is 29.0 Å². The number of alkyl carbamates (subject to hydrolysis) is 1. The largest absolute Gasteiger partial charge is 0.480 e. The number of benzene rings is 2. The number of hydrogen-bond acceptors (Lipinski definition) is 6. The Bertz CT molecular complexity index is 952. The van der Waals surface area contributed by atoms with Crippen LogP contribution in [0, 0.1) is 0 Å². The van der Waals surface area contributed by atoms with E-state index < -0.39 is 35.7 Å². The van der Waals surface area contributed by atoms with Crippen LogP contribution >= 0.6 is 0 Å². The van der Waals surface area contributed by atoms with Gasteiger partial charge in [-0.05, 0) is 43.0 Å². The highest BCUT2D eigenvalue weighted by Gasteiger charge is 2.36. The standard InChI is InChI=1S/C23H26N2O6/c1-23(2,3)31-22(29)25-19(18(24)20(26)27)21(28)30-12-17-15-10-6-4-8-13(15)14-9-5-7-11-16(14)17/h4-11,17-19H,12,24H2,1-3H3,(H,25,29)(H,26,27). The Morgan fingerprint density at radius 3 is 2.03 bits per heavy atom. The molecule has 0 spiro atoms. The van der Waals surface area contributed by atoms with Crippen molar-refractivity contribution in [1.29, 1.82) is 0 Å². The van der Waals surface area contributed by atoms with E-state index in [4.69, 9.17) is 15.2 Å². The Labute approximate surface area is 180 Å². The van der Waals surface area contributed by atoms with Gasteiger partial charge in [-0.15, -0.1) is 0 Å². The number of nitrogens with one attached hydrogen (secondary N) is 1. The highest BCUT2D eigenvalue weighted by Crippen LogP contribution is 2.44. The van der Waals surface area contributed by atoms with Crippen LogP contribution in [0.1, 0.15) is 37.8 Å². The van der Waals surface area contributed by atoms with Gasteiger partial charge in [0.1, 0.15) is 18.2 Å². The molecule has 8 nitrogen and oxygen atoms in total. The molecule has 8 heteroatoms. The van der Waals surface area contributed by atoms with Crippen molar-refractivity contribution in [3.63, 3.8) is 0 Å². The van der Waals surface area contributed by atoms with Crippen molar-refractivity contribution in [3.8, 4) is 11.1 Å². The minimum absolute atomic E-state index is 0.0221. The van der Waals surface area contributed by atoms with E-state index in [1.165, 1.54) is 0 Å². The van der Waals surface area contributed by atoms with Crippen molar-refractivity contribution in [3.05, 3.63) is 59.7 Å². The lowest BCUT2D eigenvalue weighted by Crippen LogP contribution is -2.57. The lowest BCUT2D eigenvalue weighted by Gasteiger charge is -2.25. The number of carboxylic acids is 1. The molecule has 1 aliphatic rings. The Morgan fingerprint density at radius 2 is 1.55 bits per heavy atom. The van der Waals surface area contributed by atoms with Gasteiger partial charge in [0.05, 0.1) is 0 Å². The number of carboxylic acid groups (broad SMARTS) is 1. The van der Waals surface area contributed by atoms with Gasteiger partial charge in [0, 0.05) is 5.92 Å². The molecule has 31 heavy (non-hydrogen) atoms. The van der Waals surface area contributed by atoms with Crippen molar-refractivity contribution in [2.45, 2.75) is 44.4 Å². The van der Waals surface area contributed by atoms with Crippen LogP contribution in [-0.2, 0) is 19.1 Å². The molecule has 0 saturated carbocycles. The van der Waals surface area contributed by atoms with Crippen LogP contribution in [0.15, 0.2) is 48.5 Å². The molecule has 4 N–H and O–H groups in total. The first-order valence-corrected chi connectivity index (χ1v) is 9.91. The number of aliphatic carboxylic acids is 1. The maximum atomic E-state index is 12.7. The number of carbonyl (C=O) groups excluding carboxylic acids is 2. The summed E-state index contributed by atoms with van der Waals surface area (Å²) in [5.74, 6) is -2.60. The summed E-state index contributed by atoms with van der Waals surface area (Å²) in [4.78, 5) is 36.2. The third kappa shape index (κ3) is 5.03. The van der Waals surface area contributed by atoms with Gasteiger partial charge in [0.15, 0.2) is 6.04 Å². The molecule has 1 aliphatic carbocycles. The van der Waals surface area contributed by atoms with Crippen LogP contribution in [0.4, 0.5) is 4.79 Å². The predicted molar refractivity (Wildman–Crippen MR) is 113 cm³/mol. The molecule has 164 valence electrons. The van der Waals surface area contributed by atoms with Crippen LogP contribution in [0.5, 0.6) is 0 Å². The Kier molecular flexibility index (Phi) is 6.31. The third-order valence-electron chi connectivity index (χ3n) is 4.93. The predicted octanol–water partition coefficient (Wildman–Crippen LogP) is 2.65. The molecule has 2 atom stereocenters. The van der Waals surface area contributed by atoms with Gasteiger partial charge in [0.2, 0.25) is 0 Å². The molecule has 2 aromatic carbocycles. The van der Waals surface area contributed by atoms with Gasteiger partial charge in [-0.1, -0.05) is 48.5 Å². The van der Waals surface area contributed by atoms with Gasteiger partial charge in [-0.25, -0.2) is 9.59 Å². The zero-order valence-electron chi connectivity index (χ0n) is 17.6. The highest BCUT2D eigenvalue weighted by atomic mass is 16.6. The van der Waals surface area contributed by atoms with Crippen LogP contribution < -0.4 is 11.1 Å². The van der Waals surface area contributed by atoms with E-state index >= 15 is 0 Å². The van der Waals surface area contributed by atoms with Crippen LogP contribution in [-0.4, -0.2) is 47.4 Å². The molecule has 2 aromatic rings. The first-order valence-electron chi connectivity index (χ1n) is 9.91. The first kappa shape index (κ1) is 22.3. The number of rotatable bonds is 6. The molecule has 0 fully saturated rings. The maximum Gasteiger partial charge on any atom is 0.408 e. The van der Waals surface area contributed by atoms with Crippen molar-refractivity contribution >= 4 is 18.0 Å². The molecule has 0 radical (unpaired) electrons. The molecule has 1 amide bonds. The molecular weight excluding hydrogens is 400 g/mol. The summed E-state index contributed by atoms with van der Waals surface area (Å²) in [5.41, 5.74) is 8.95. The first-order chi connectivity index (χ1) is 14.6. The number of esters is 1. The zero-order valence-corrected chi connectivity index (χ0v) is 17.6. The number of carbonyl (C=O) groups is 3. The monoisotopic (exact) mass is 426 g/mol. The van der Waals surface area contributed by atoms with Crippen molar-refractivity contribution in [1.82, 2.24) is 5.32 Å². The number of nitrogens with two attached hydrogens (primary N) is 1. The lowest BCUT2D eigenvalue weighted by molar-refractivity contribution is -0.151. The minimum atomic E-state index is -1.69. The van der Waals surface area contributed by atoms with Gasteiger partial charge in [-0.3, -0.25) is 4.79 Å². The zero-order chi connectivity index (χ0) is 22.8. The topological polar surface area (TPSA) is 128 Å². The van der Waals surface area contributed by atoms with Gasteiger partial charge in [-0.2, -0.15) is 0 Å².